The molecule has 18 heavy (non-hydrogen) atoms. The average molecular weight is 260 g/mol. The van der Waals surface area contributed by atoms with E-state index in [9.17, 15) is 9.90 Å². The molecule has 0 saturated carbocycles. The Morgan fingerprint density at radius 3 is 2.83 bits per heavy atom. The standard InChI is InChI=1S/C12H20O6/c1-4-15-9(13)5-7-10(14)11-8(6-16-7)17-12(2,3)18-11/h7-8,10-11,14H,4-6H2,1-3H3. The molecule has 2 saturated heterocycles. The van der Waals surface area contributed by atoms with Crippen molar-refractivity contribution in [2.45, 2.75) is 57.4 Å². The summed E-state index contributed by atoms with van der Waals surface area (Å²) in [6, 6.07) is 0. The summed E-state index contributed by atoms with van der Waals surface area (Å²) < 4.78 is 21.5. The van der Waals surface area contributed by atoms with Gasteiger partial charge in [0.1, 0.15) is 18.3 Å². The van der Waals surface area contributed by atoms with E-state index in [4.69, 9.17) is 18.9 Å². The van der Waals surface area contributed by atoms with E-state index in [2.05, 4.69) is 0 Å². The molecule has 6 nitrogen and oxygen atoms in total. The van der Waals surface area contributed by atoms with E-state index in [1.54, 1.807) is 20.8 Å². The molecule has 2 aliphatic rings. The van der Waals surface area contributed by atoms with Gasteiger partial charge in [-0.1, -0.05) is 0 Å². The first-order valence-electron chi connectivity index (χ1n) is 6.24. The van der Waals surface area contributed by atoms with Gasteiger partial charge < -0.3 is 24.1 Å². The molecule has 2 fully saturated rings. The molecular weight excluding hydrogens is 240 g/mol. The number of ether oxygens (including phenoxy) is 4. The highest BCUT2D eigenvalue weighted by Gasteiger charge is 2.50. The molecule has 0 aromatic heterocycles. The van der Waals surface area contributed by atoms with Gasteiger partial charge in [-0.3, -0.25) is 4.79 Å². The maximum atomic E-state index is 11.4. The number of carbonyl (C=O) groups is 1. The van der Waals surface area contributed by atoms with E-state index >= 15 is 0 Å². The number of hydrogen-bond acceptors (Lipinski definition) is 6. The zero-order valence-corrected chi connectivity index (χ0v) is 10.9. The largest absolute Gasteiger partial charge is 0.466 e. The predicted octanol–water partition coefficient (Wildman–Crippen LogP) is 0.219. The van der Waals surface area contributed by atoms with E-state index in [0.717, 1.165) is 0 Å². The zero-order valence-electron chi connectivity index (χ0n) is 10.9. The summed E-state index contributed by atoms with van der Waals surface area (Å²) in [5.74, 6) is -1.10. The van der Waals surface area contributed by atoms with Crippen LogP contribution >= 0.6 is 0 Å². The van der Waals surface area contributed by atoms with E-state index < -0.39 is 24.1 Å². The quantitative estimate of drug-likeness (QED) is 0.732. The molecule has 104 valence electrons. The van der Waals surface area contributed by atoms with Crippen LogP contribution in [0.3, 0.4) is 0 Å². The van der Waals surface area contributed by atoms with Gasteiger partial charge >= 0.3 is 5.97 Å². The van der Waals surface area contributed by atoms with Crippen LogP contribution in [0.2, 0.25) is 0 Å². The monoisotopic (exact) mass is 260 g/mol. The van der Waals surface area contributed by atoms with Crippen molar-refractivity contribution in [1.29, 1.82) is 0 Å². The summed E-state index contributed by atoms with van der Waals surface area (Å²) in [5.41, 5.74) is 0. The van der Waals surface area contributed by atoms with Crippen LogP contribution in [-0.4, -0.2) is 54.5 Å². The minimum Gasteiger partial charge on any atom is -0.466 e. The summed E-state index contributed by atoms with van der Waals surface area (Å²) >= 11 is 0. The van der Waals surface area contributed by atoms with Crippen LogP contribution < -0.4 is 0 Å². The second kappa shape index (κ2) is 5.13. The summed E-state index contributed by atoms with van der Waals surface area (Å²) in [7, 11) is 0. The third kappa shape index (κ3) is 2.83. The molecule has 2 heterocycles. The number of fused-ring (bicyclic) bond motifs is 1. The molecule has 4 atom stereocenters. The normalized spacial score (nSPS) is 38.2. The first-order chi connectivity index (χ1) is 8.43. The van der Waals surface area contributed by atoms with Crippen molar-refractivity contribution in [3.05, 3.63) is 0 Å². The minimum atomic E-state index is -0.880. The van der Waals surface area contributed by atoms with Gasteiger partial charge in [-0.25, -0.2) is 0 Å². The fourth-order valence-corrected chi connectivity index (χ4v) is 2.37. The molecule has 2 aliphatic heterocycles. The number of aliphatic hydroxyl groups excluding tert-OH is 1. The molecule has 0 aromatic rings. The van der Waals surface area contributed by atoms with E-state index in [1.807, 2.05) is 0 Å². The van der Waals surface area contributed by atoms with Crippen LogP contribution in [-0.2, 0) is 23.7 Å². The number of hydrogen-bond donors (Lipinski definition) is 1. The third-order valence-corrected chi connectivity index (χ3v) is 3.09. The fraction of sp³-hybridized carbons (Fsp3) is 0.917. The molecular formula is C12H20O6. The van der Waals surface area contributed by atoms with Gasteiger partial charge in [0.25, 0.3) is 0 Å². The Morgan fingerprint density at radius 2 is 2.17 bits per heavy atom. The maximum Gasteiger partial charge on any atom is 0.308 e. The molecule has 0 spiro atoms. The van der Waals surface area contributed by atoms with Gasteiger partial charge in [0.2, 0.25) is 0 Å². The lowest BCUT2D eigenvalue weighted by Gasteiger charge is -2.34. The van der Waals surface area contributed by atoms with Crippen LogP contribution in [0.5, 0.6) is 0 Å². The topological polar surface area (TPSA) is 74.2 Å². The van der Waals surface area contributed by atoms with Gasteiger partial charge in [0.15, 0.2) is 5.79 Å². The Labute approximate surface area is 106 Å². The van der Waals surface area contributed by atoms with E-state index in [-0.39, 0.29) is 18.5 Å². The summed E-state index contributed by atoms with van der Waals surface area (Å²) in [6.45, 7) is 5.95. The Kier molecular flexibility index (Phi) is 3.91. The van der Waals surface area contributed by atoms with Crippen molar-refractivity contribution in [3.8, 4) is 0 Å². The summed E-state index contributed by atoms with van der Waals surface area (Å²) in [4.78, 5) is 11.4. The number of aliphatic hydroxyl groups is 1. The van der Waals surface area contributed by atoms with Gasteiger partial charge in [-0.05, 0) is 20.8 Å². The molecule has 0 aliphatic carbocycles. The first kappa shape index (κ1) is 13.7. The second-order valence-corrected chi connectivity index (χ2v) is 5.01. The Balaban J connectivity index is 1.95. The molecule has 4 unspecified atom stereocenters. The van der Waals surface area contributed by atoms with Gasteiger partial charge in [0, 0.05) is 0 Å². The van der Waals surface area contributed by atoms with Gasteiger partial charge in [-0.15, -0.1) is 0 Å². The molecule has 1 N–H and O–H groups in total. The lowest BCUT2D eigenvalue weighted by Crippen LogP contribution is -2.52. The number of carbonyl (C=O) groups excluding carboxylic acids is 1. The zero-order chi connectivity index (χ0) is 13.3. The van der Waals surface area contributed by atoms with Gasteiger partial charge in [0.05, 0.1) is 25.7 Å². The number of rotatable bonds is 3. The highest BCUT2D eigenvalue weighted by atomic mass is 16.8. The lowest BCUT2D eigenvalue weighted by molar-refractivity contribution is -0.170. The average Bonchev–Trinajstić information content (AvgIpc) is 2.59. The van der Waals surface area contributed by atoms with Crippen molar-refractivity contribution < 1.29 is 28.8 Å². The van der Waals surface area contributed by atoms with Crippen molar-refractivity contribution in [3.63, 3.8) is 0 Å². The molecule has 0 bridgehead atoms. The molecule has 0 aromatic carbocycles. The maximum absolute atomic E-state index is 11.4. The molecule has 0 radical (unpaired) electrons. The van der Waals surface area contributed by atoms with Crippen molar-refractivity contribution in [2.24, 2.45) is 0 Å². The molecule has 2 rings (SSSR count). The smallest absolute Gasteiger partial charge is 0.308 e. The predicted molar refractivity (Wildman–Crippen MR) is 60.8 cm³/mol. The van der Waals surface area contributed by atoms with Crippen LogP contribution in [0.25, 0.3) is 0 Å². The molecule has 6 heteroatoms. The van der Waals surface area contributed by atoms with Crippen molar-refractivity contribution >= 4 is 5.97 Å². The van der Waals surface area contributed by atoms with Crippen LogP contribution in [0, 0.1) is 0 Å². The number of esters is 1. The Bertz CT molecular complexity index is 316. The molecule has 0 amide bonds. The lowest BCUT2D eigenvalue weighted by atomic mass is 9.98. The first-order valence-corrected chi connectivity index (χ1v) is 6.24. The minimum absolute atomic E-state index is 0.0298. The Morgan fingerprint density at radius 1 is 1.44 bits per heavy atom. The van der Waals surface area contributed by atoms with Crippen molar-refractivity contribution in [2.75, 3.05) is 13.2 Å². The SMILES string of the molecule is CCOC(=O)CC1OCC2OC(C)(C)OC2C1O. The highest BCUT2D eigenvalue weighted by Crippen LogP contribution is 2.35. The van der Waals surface area contributed by atoms with E-state index in [1.165, 1.54) is 0 Å². The van der Waals surface area contributed by atoms with Crippen LogP contribution in [0.15, 0.2) is 0 Å². The Hall–Kier alpha value is -0.690. The second-order valence-electron chi connectivity index (χ2n) is 5.01. The summed E-state index contributed by atoms with van der Waals surface area (Å²) in [6.07, 6.45) is -2.18. The van der Waals surface area contributed by atoms with E-state index in [0.29, 0.717) is 13.2 Å². The van der Waals surface area contributed by atoms with Gasteiger partial charge in [-0.2, -0.15) is 0 Å². The summed E-state index contributed by atoms with van der Waals surface area (Å²) in [5, 5.41) is 10.2. The highest BCUT2D eigenvalue weighted by molar-refractivity contribution is 5.70. The van der Waals surface area contributed by atoms with Crippen LogP contribution in [0.4, 0.5) is 0 Å². The van der Waals surface area contributed by atoms with Crippen molar-refractivity contribution in [1.82, 2.24) is 0 Å². The third-order valence-electron chi connectivity index (χ3n) is 3.09. The van der Waals surface area contributed by atoms with Crippen LogP contribution in [0.1, 0.15) is 27.2 Å². The fourth-order valence-electron chi connectivity index (χ4n) is 2.37.